The summed E-state index contributed by atoms with van der Waals surface area (Å²) in [6.07, 6.45) is -4.25. The molecule has 1 N–H and O–H groups in total. The summed E-state index contributed by atoms with van der Waals surface area (Å²) in [5.74, 6) is -0.170. The zero-order valence-electron chi connectivity index (χ0n) is 23.5. The van der Waals surface area contributed by atoms with Gasteiger partial charge in [-0.15, -0.1) is 0 Å². The molecule has 4 rings (SSSR count). The highest BCUT2D eigenvalue weighted by Crippen LogP contribution is 2.38. The van der Waals surface area contributed by atoms with Gasteiger partial charge in [0.1, 0.15) is 5.56 Å². The first kappa shape index (κ1) is 32.2. The Balaban J connectivity index is 0.00000462. The lowest BCUT2D eigenvalue weighted by Crippen LogP contribution is -2.49. The second kappa shape index (κ2) is 12.7. The van der Waals surface area contributed by atoms with Crippen LogP contribution in [0.15, 0.2) is 42.5 Å². The van der Waals surface area contributed by atoms with Crippen molar-refractivity contribution in [1.82, 2.24) is 9.80 Å². The molecule has 11 heteroatoms. The monoisotopic (exact) mass is 577 g/mol. The Morgan fingerprint density at radius 2 is 1.68 bits per heavy atom. The molecule has 0 radical (unpaired) electrons. The molecular formula is C30H42F3N5O3. The van der Waals surface area contributed by atoms with Gasteiger partial charge in [-0.1, -0.05) is 47.3 Å². The molecule has 2 aromatic rings. The van der Waals surface area contributed by atoms with Crippen LogP contribution in [0.2, 0.25) is 0 Å². The van der Waals surface area contributed by atoms with Crippen molar-refractivity contribution in [3.05, 3.63) is 63.7 Å². The fourth-order valence-corrected chi connectivity index (χ4v) is 5.46. The van der Waals surface area contributed by atoms with E-state index in [0.29, 0.717) is 26.1 Å². The van der Waals surface area contributed by atoms with E-state index in [0.717, 1.165) is 38.3 Å². The van der Waals surface area contributed by atoms with E-state index in [1.165, 1.54) is 17.3 Å². The van der Waals surface area contributed by atoms with Crippen LogP contribution >= 0.6 is 0 Å². The van der Waals surface area contributed by atoms with Gasteiger partial charge in [0, 0.05) is 75.2 Å². The van der Waals surface area contributed by atoms with Gasteiger partial charge in [0.15, 0.2) is 0 Å². The number of nitro groups is 1. The number of alkyl halides is 3. The van der Waals surface area contributed by atoms with Gasteiger partial charge in [-0.2, -0.15) is 13.2 Å². The topological polar surface area (TPSA) is 82.0 Å². The summed E-state index contributed by atoms with van der Waals surface area (Å²) in [5, 5.41) is 14.0. The molecule has 0 bridgehead atoms. The first-order valence-electron chi connectivity index (χ1n) is 13.7. The van der Waals surface area contributed by atoms with E-state index >= 15 is 0 Å². The molecule has 2 fully saturated rings. The van der Waals surface area contributed by atoms with Crippen molar-refractivity contribution in [2.45, 2.75) is 59.2 Å². The summed E-state index contributed by atoms with van der Waals surface area (Å²) in [5.41, 5.74) is 0.518. The van der Waals surface area contributed by atoms with Crippen LogP contribution in [0.4, 0.5) is 30.2 Å². The van der Waals surface area contributed by atoms with Crippen LogP contribution in [0.1, 0.15) is 52.7 Å². The smallest absolute Gasteiger partial charge is 0.380 e. The number of piperazine rings is 1. The Morgan fingerprint density at radius 3 is 2.24 bits per heavy atom. The number of halogens is 3. The third-order valence-electron chi connectivity index (χ3n) is 7.79. The average Bonchev–Trinajstić information content (AvgIpc) is 3.36. The lowest BCUT2D eigenvalue weighted by molar-refractivity contribution is -0.388. The normalized spacial score (nSPS) is 19.0. The molecule has 41 heavy (non-hydrogen) atoms. The van der Waals surface area contributed by atoms with Crippen LogP contribution in [0.5, 0.6) is 0 Å². The van der Waals surface area contributed by atoms with Crippen LogP contribution in [0, 0.1) is 16.0 Å². The largest absolute Gasteiger partial charge is 0.423 e. The number of likely N-dealkylation sites (tertiary alicyclic amines) is 1. The van der Waals surface area contributed by atoms with E-state index in [1.807, 2.05) is 6.92 Å². The van der Waals surface area contributed by atoms with Crippen molar-refractivity contribution in [2.24, 2.45) is 5.92 Å². The molecule has 2 saturated heterocycles. The first-order chi connectivity index (χ1) is 18.7. The maximum atomic E-state index is 13.3. The zero-order chi connectivity index (χ0) is 29.2. The van der Waals surface area contributed by atoms with E-state index < -0.39 is 22.4 Å². The van der Waals surface area contributed by atoms with Gasteiger partial charge in [0.2, 0.25) is 5.91 Å². The lowest BCUT2D eigenvalue weighted by Gasteiger charge is -2.37. The van der Waals surface area contributed by atoms with Crippen LogP contribution in [-0.4, -0.2) is 72.5 Å². The molecule has 2 aromatic carbocycles. The van der Waals surface area contributed by atoms with Gasteiger partial charge in [0.05, 0.1) is 4.92 Å². The van der Waals surface area contributed by atoms with E-state index in [1.54, 1.807) is 4.90 Å². The van der Waals surface area contributed by atoms with Crippen LogP contribution in [-0.2, 0) is 16.4 Å². The summed E-state index contributed by atoms with van der Waals surface area (Å²) < 4.78 is 40.0. The quantitative estimate of drug-likeness (QED) is 0.320. The molecule has 0 aromatic heterocycles. The molecule has 0 saturated carbocycles. The van der Waals surface area contributed by atoms with Crippen molar-refractivity contribution in [1.29, 1.82) is 0 Å². The maximum Gasteiger partial charge on any atom is 0.423 e. The molecule has 0 aliphatic carbocycles. The number of nitrogens with one attached hydrogen (secondary N) is 1. The Morgan fingerprint density at radius 1 is 1.05 bits per heavy atom. The van der Waals surface area contributed by atoms with Crippen molar-refractivity contribution in [3.63, 3.8) is 0 Å². The van der Waals surface area contributed by atoms with Crippen LogP contribution < -0.4 is 10.2 Å². The summed E-state index contributed by atoms with van der Waals surface area (Å²) in [6.45, 7) is 13.6. The van der Waals surface area contributed by atoms with Crippen molar-refractivity contribution >= 4 is 23.0 Å². The fourth-order valence-electron chi connectivity index (χ4n) is 5.46. The van der Waals surface area contributed by atoms with E-state index in [-0.39, 0.29) is 36.4 Å². The molecule has 2 heterocycles. The van der Waals surface area contributed by atoms with Crippen LogP contribution in [0.25, 0.3) is 0 Å². The third kappa shape index (κ3) is 7.90. The molecule has 0 spiro atoms. The highest BCUT2D eigenvalue weighted by Gasteiger charge is 2.39. The van der Waals surface area contributed by atoms with Gasteiger partial charge in [-0.25, -0.2) is 0 Å². The Kier molecular flexibility index (Phi) is 9.94. The minimum atomic E-state index is -4.84. The van der Waals surface area contributed by atoms with Crippen molar-refractivity contribution in [2.75, 3.05) is 56.0 Å². The SMILES string of the molecule is C.CC(CN1CCN(c2ccc(C(C)(C)C)cc2)CC1)C(=O)N1CC[C@H](Nc2ccc([N+](=O)[O-])c(C(F)(F)F)c2)C1. The number of hydrogen-bond donors (Lipinski definition) is 1. The Hall–Kier alpha value is -3.34. The Labute approximate surface area is 240 Å². The van der Waals surface area contributed by atoms with Crippen molar-refractivity contribution in [3.8, 4) is 0 Å². The second-order valence-electron chi connectivity index (χ2n) is 11.9. The van der Waals surface area contributed by atoms with Crippen LogP contribution in [0.3, 0.4) is 0 Å². The predicted molar refractivity (Wildman–Crippen MR) is 156 cm³/mol. The molecule has 2 aliphatic heterocycles. The van der Waals surface area contributed by atoms with Gasteiger partial charge >= 0.3 is 6.18 Å². The summed E-state index contributed by atoms with van der Waals surface area (Å²) in [4.78, 5) is 29.6. The molecule has 1 amide bonds. The molecular weight excluding hydrogens is 535 g/mol. The zero-order valence-corrected chi connectivity index (χ0v) is 23.5. The number of carbonyl (C=O) groups excluding carboxylic acids is 1. The average molecular weight is 578 g/mol. The minimum absolute atomic E-state index is 0. The number of nitro benzene ring substituents is 1. The summed E-state index contributed by atoms with van der Waals surface area (Å²) in [6, 6.07) is 11.4. The van der Waals surface area contributed by atoms with Gasteiger partial charge in [0.25, 0.3) is 5.69 Å². The van der Waals surface area contributed by atoms with E-state index in [2.05, 4.69) is 60.2 Å². The van der Waals surface area contributed by atoms with Crippen molar-refractivity contribution < 1.29 is 22.9 Å². The number of carbonyl (C=O) groups is 1. The number of nitrogens with zero attached hydrogens (tertiary/aromatic N) is 4. The molecule has 2 atom stereocenters. The number of benzene rings is 2. The van der Waals surface area contributed by atoms with E-state index in [9.17, 15) is 28.1 Å². The third-order valence-corrected chi connectivity index (χ3v) is 7.79. The number of amides is 1. The summed E-state index contributed by atoms with van der Waals surface area (Å²) in [7, 11) is 0. The standard InChI is InChI=1S/C29H38F3N5O3.CH4/c1-20(18-34-13-15-35(16-14-34)24-8-5-21(6-9-24)28(2,3)4)27(38)36-12-11-23(19-36)33-22-7-10-26(37(39)40)25(17-22)29(30,31)32;/h5-10,17,20,23,33H,11-16,18-19H2,1-4H3;1H4/t20?,23-;/m0./s1. The molecule has 2 aliphatic rings. The van der Waals surface area contributed by atoms with Gasteiger partial charge in [-0.3, -0.25) is 19.8 Å². The summed E-state index contributed by atoms with van der Waals surface area (Å²) >= 11 is 0. The Bertz CT molecular complexity index is 1210. The number of rotatable bonds is 7. The molecule has 8 nitrogen and oxygen atoms in total. The highest BCUT2D eigenvalue weighted by atomic mass is 19.4. The lowest BCUT2D eigenvalue weighted by atomic mass is 9.87. The number of hydrogen-bond acceptors (Lipinski definition) is 6. The molecule has 1 unspecified atom stereocenters. The van der Waals surface area contributed by atoms with E-state index in [4.69, 9.17) is 0 Å². The first-order valence-corrected chi connectivity index (χ1v) is 13.7. The second-order valence-corrected chi connectivity index (χ2v) is 11.9. The minimum Gasteiger partial charge on any atom is -0.380 e. The number of anilines is 2. The van der Waals surface area contributed by atoms with Gasteiger partial charge in [-0.05, 0) is 41.7 Å². The fraction of sp³-hybridized carbons (Fsp3) is 0.567. The molecule has 226 valence electrons. The predicted octanol–water partition coefficient (Wildman–Crippen LogP) is 6.02. The maximum absolute atomic E-state index is 13.3. The highest BCUT2D eigenvalue weighted by molar-refractivity contribution is 5.79. The van der Waals surface area contributed by atoms with Gasteiger partial charge < -0.3 is 15.1 Å².